The van der Waals surface area contributed by atoms with Gasteiger partial charge in [-0.15, -0.1) is 11.3 Å². The van der Waals surface area contributed by atoms with Crippen molar-refractivity contribution in [3.63, 3.8) is 0 Å². The molecule has 0 radical (unpaired) electrons. The number of carbonyl (C=O) groups is 1. The Labute approximate surface area is 174 Å². The highest BCUT2D eigenvalue weighted by Gasteiger charge is 2.15. The summed E-state index contributed by atoms with van der Waals surface area (Å²) in [5.41, 5.74) is 4.91. The van der Waals surface area contributed by atoms with Crippen LogP contribution >= 0.6 is 11.3 Å². The zero-order valence-electron chi connectivity index (χ0n) is 16.6. The van der Waals surface area contributed by atoms with Crippen molar-refractivity contribution >= 4 is 23.1 Å². The number of aromatic nitrogens is 2. The molecule has 0 saturated carbocycles. The summed E-state index contributed by atoms with van der Waals surface area (Å²) in [5.74, 6) is 0.781. The molecule has 2 aromatic heterocycles. The molecular formula is C22H24N4O2S. The summed E-state index contributed by atoms with van der Waals surface area (Å²) in [5, 5.41) is 5.54. The van der Waals surface area contributed by atoms with Gasteiger partial charge in [-0.2, -0.15) is 0 Å². The second kappa shape index (κ2) is 8.71. The molecule has 0 unspecified atom stereocenters. The molecule has 4 rings (SSSR count). The standard InChI is InChI=1S/C22H24N4O2S/c1-15-3-4-17(11-16(15)2)12-24-21(27)19-14-29-22(25-19)18-5-6-20(23-13-18)26-7-9-28-10-8-26/h3-6,11,13-14H,7-10,12H2,1-2H3,(H,24,27). The van der Waals surface area contributed by atoms with E-state index in [1.54, 1.807) is 5.38 Å². The van der Waals surface area contributed by atoms with Crippen molar-refractivity contribution in [3.05, 3.63) is 64.3 Å². The zero-order chi connectivity index (χ0) is 20.2. The summed E-state index contributed by atoms with van der Waals surface area (Å²) >= 11 is 1.45. The van der Waals surface area contributed by atoms with Crippen LogP contribution in [-0.2, 0) is 11.3 Å². The van der Waals surface area contributed by atoms with Crippen molar-refractivity contribution in [1.29, 1.82) is 0 Å². The lowest BCUT2D eigenvalue weighted by Gasteiger charge is -2.27. The number of hydrogen-bond acceptors (Lipinski definition) is 6. The number of carbonyl (C=O) groups excluding carboxylic acids is 1. The van der Waals surface area contributed by atoms with Crippen LogP contribution in [0.2, 0.25) is 0 Å². The first-order valence-electron chi connectivity index (χ1n) is 9.69. The third-order valence-electron chi connectivity index (χ3n) is 5.09. The summed E-state index contributed by atoms with van der Waals surface area (Å²) in [6, 6.07) is 10.2. The fourth-order valence-electron chi connectivity index (χ4n) is 3.19. The number of benzene rings is 1. The lowest BCUT2D eigenvalue weighted by atomic mass is 10.1. The fraction of sp³-hybridized carbons (Fsp3) is 0.318. The van der Waals surface area contributed by atoms with E-state index in [1.807, 2.05) is 24.4 Å². The third-order valence-corrected chi connectivity index (χ3v) is 5.98. The minimum absolute atomic E-state index is 0.163. The number of hydrogen-bond donors (Lipinski definition) is 1. The Bertz CT molecular complexity index is 994. The monoisotopic (exact) mass is 408 g/mol. The van der Waals surface area contributed by atoms with Gasteiger partial charge >= 0.3 is 0 Å². The molecule has 7 heteroatoms. The van der Waals surface area contributed by atoms with Crippen LogP contribution < -0.4 is 10.2 Å². The lowest BCUT2D eigenvalue weighted by Crippen LogP contribution is -2.36. The summed E-state index contributed by atoms with van der Waals surface area (Å²) in [6.45, 7) is 7.82. The average molecular weight is 409 g/mol. The molecular weight excluding hydrogens is 384 g/mol. The molecule has 3 heterocycles. The van der Waals surface area contributed by atoms with Gasteiger partial charge in [-0.3, -0.25) is 4.79 Å². The number of nitrogens with zero attached hydrogens (tertiary/aromatic N) is 3. The van der Waals surface area contributed by atoms with Gasteiger partial charge in [-0.25, -0.2) is 9.97 Å². The van der Waals surface area contributed by atoms with Gasteiger partial charge in [0.25, 0.3) is 5.91 Å². The number of anilines is 1. The number of ether oxygens (including phenoxy) is 1. The van der Waals surface area contributed by atoms with E-state index in [9.17, 15) is 4.79 Å². The van der Waals surface area contributed by atoms with E-state index >= 15 is 0 Å². The Balaban J connectivity index is 1.39. The number of pyridine rings is 1. The smallest absolute Gasteiger partial charge is 0.271 e. The van der Waals surface area contributed by atoms with Gasteiger partial charge in [0.15, 0.2) is 0 Å². The fourth-order valence-corrected chi connectivity index (χ4v) is 3.98. The molecule has 1 aliphatic rings. The van der Waals surface area contributed by atoms with Crippen molar-refractivity contribution < 1.29 is 9.53 Å². The predicted octanol–water partition coefficient (Wildman–Crippen LogP) is 3.59. The van der Waals surface area contributed by atoms with Gasteiger partial charge in [0, 0.05) is 36.8 Å². The normalized spacial score (nSPS) is 14.1. The largest absolute Gasteiger partial charge is 0.378 e. The van der Waals surface area contributed by atoms with Gasteiger partial charge in [0.05, 0.1) is 13.2 Å². The number of thiazole rings is 1. The van der Waals surface area contributed by atoms with E-state index in [0.717, 1.165) is 48.3 Å². The third kappa shape index (κ3) is 4.63. The quantitative estimate of drug-likeness (QED) is 0.699. The summed E-state index contributed by atoms with van der Waals surface area (Å²) in [7, 11) is 0. The average Bonchev–Trinajstić information content (AvgIpc) is 3.25. The number of aryl methyl sites for hydroxylation is 2. The van der Waals surface area contributed by atoms with Gasteiger partial charge in [0.1, 0.15) is 16.5 Å². The summed E-state index contributed by atoms with van der Waals surface area (Å²) in [6.07, 6.45) is 1.82. The van der Waals surface area contributed by atoms with Crippen LogP contribution in [0.1, 0.15) is 27.2 Å². The van der Waals surface area contributed by atoms with Crippen molar-refractivity contribution in [2.75, 3.05) is 31.2 Å². The molecule has 1 fully saturated rings. The summed E-state index contributed by atoms with van der Waals surface area (Å²) < 4.78 is 5.38. The van der Waals surface area contributed by atoms with Crippen LogP contribution in [-0.4, -0.2) is 42.2 Å². The number of morpholine rings is 1. The molecule has 1 N–H and O–H groups in total. The number of rotatable bonds is 5. The van der Waals surface area contributed by atoms with Gasteiger partial charge in [0.2, 0.25) is 0 Å². The Hall–Kier alpha value is -2.77. The Morgan fingerprint density at radius 1 is 1.17 bits per heavy atom. The molecule has 1 aliphatic heterocycles. The highest BCUT2D eigenvalue weighted by molar-refractivity contribution is 7.13. The molecule has 29 heavy (non-hydrogen) atoms. The van der Waals surface area contributed by atoms with Crippen LogP contribution in [0.25, 0.3) is 10.6 Å². The molecule has 150 valence electrons. The molecule has 0 atom stereocenters. The first kappa shape index (κ1) is 19.5. The highest BCUT2D eigenvalue weighted by Crippen LogP contribution is 2.25. The van der Waals surface area contributed by atoms with Crippen molar-refractivity contribution in [1.82, 2.24) is 15.3 Å². The van der Waals surface area contributed by atoms with E-state index in [2.05, 4.69) is 46.2 Å². The maximum Gasteiger partial charge on any atom is 0.271 e. The van der Waals surface area contributed by atoms with E-state index in [0.29, 0.717) is 12.2 Å². The Kier molecular flexibility index (Phi) is 5.87. The highest BCUT2D eigenvalue weighted by atomic mass is 32.1. The van der Waals surface area contributed by atoms with Crippen LogP contribution in [0.5, 0.6) is 0 Å². The maximum absolute atomic E-state index is 12.5. The number of amides is 1. The van der Waals surface area contributed by atoms with Crippen LogP contribution in [0, 0.1) is 13.8 Å². The predicted molar refractivity (Wildman–Crippen MR) is 115 cm³/mol. The van der Waals surface area contributed by atoms with E-state index in [1.165, 1.54) is 22.5 Å². The van der Waals surface area contributed by atoms with Crippen LogP contribution in [0.3, 0.4) is 0 Å². The Morgan fingerprint density at radius 3 is 2.72 bits per heavy atom. The lowest BCUT2D eigenvalue weighted by molar-refractivity contribution is 0.0946. The number of nitrogens with one attached hydrogen (secondary N) is 1. The molecule has 1 amide bonds. The molecule has 0 bridgehead atoms. The second-order valence-electron chi connectivity index (χ2n) is 7.14. The molecule has 1 saturated heterocycles. The van der Waals surface area contributed by atoms with Gasteiger partial charge < -0.3 is 15.0 Å². The molecule has 0 aliphatic carbocycles. The molecule has 3 aromatic rings. The van der Waals surface area contributed by atoms with Gasteiger partial charge in [-0.05, 0) is 42.7 Å². The maximum atomic E-state index is 12.5. The summed E-state index contributed by atoms with van der Waals surface area (Å²) in [4.78, 5) is 23.7. The van der Waals surface area contributed by atoms with Crippen molar-refractivity contribution in [2.45, 2.75) is 20.4 Å². The molecule has 6 nitrogen and oxygen atoms in total. The second-order valence-corrected chi connectivity index (χ2v) is 8.00. The first-order valence-corrected chi connectivity index (χ1v) is 10.6. The van der Waals surface area contributed by atoms with Crippen molar-refractivity contribution in [3.8, 4) is 10.6 Å². The topological polar surface area (TPSA) is 67.4 Å². The van der Waals surface area contributed by atoms with E-state index in [4.69, 9.17) is 4.74 Å². The van der Waals surface area contributed by atoms with E-state index in [-0.39, 0.29) is 5.91 Å². The minimum atomic E-state index is -0.163. The van der Waals surface area contributed by atoms with Crippen LogP contribution in [0.15, 0.2) is 41.9 Å². The van der Waals surface area contributed by atoms with Crippen molar-refractivity contribution in [2.24, 2.45) is 0 Å². The van der Waals surface area contributed by atoms with Gasteiger partial charge in [-0.1, -0.05) is 18.2 Å². The van der Waals surface area contributed by atoms with E-state index < -0.39 is 0 Å². The zero-order valence-corrected chi connectivity index (χ0v) is 17.5. The van der Waals surface area contributed by atoms with Crippen LogP contribution in [0.4, 0.5) is 5.82 Å². The SMILES string of the molecule is Cc1ccc(CNC(=O)c2csc(-c3ccc(N4CCOCC4)nc3)n2)cc1C. The Morgan fingerprint density at radius 2 is 2.00 bits per heavy atom. The molecule has 0 spiro atoms. The minimum Gasteiger partial charge on any atom is -0.378 e. The molecule has 1 aromatic carbocycles. The first-order chi connectivity index (χ1) is 14.1.